The number of thioether (sulfide) groups is 1. The van der Waals surface area contributed by atoms with Gasteiger partial charge in [-0.25, -0.2) is 4.98 Å². The summed E-state index contributed by atoms with van der Waals surface area (Å²) in [4.78, 5) is 4.72. The fraction of sp³-hybridized carbons (Fsp3) is 0.100. The van der Waals surface area contributed by atoms with Crippen LogP contribution < -0.4 is 0 Å². The molecule has 3 heteroatoms. The minimum absolute atomic E-state index is 0.238. The molecule has 0 saturated heterocycles. The van der Waals surface area contributed by atoms with Gasteiger partial charge < -0.3 is 0 Å². The molecule has 0 unspecified atom stereocenters. The van der Waals surface area contributed by atoms with Crippen molar-refractivity contribution < 1.29 is 0 Å². The summed E-state index contributed by atoms with van der Waals surface area (Å²) in [5, 5.41) is 10.4. The molecule has 2 aromatic carbocycles. The van der Waals surface area contributed by atoms with Crippen LogP contribution in [0.5, 0.6) is 0 Å². The Balaban J connectivity index is 1.93. The molecule has 0 aliphatic rings. The normalized spacial score (nSPS) is 11.7. The van der Waals surface area contributed by atoms with Crippen molar-refractivity contribution in [3.63, 3.8) is 0 Å². The molecule has 0 aliphatic heterocycles. The summed E-state index contributed by atoms with van der Waals surface area (Å²) in [6, 6.07) is 26.3. The molecule has 2 nitrogen and oxygen atoms in total. The molecule has 0 fully saturated rings. The number of hydrogen-bond acceptors (Lipinski definition) is 3. The first-order valence-electron chi connectivity index (χ1n) is 7.46. The second-order valence-electron chi connectivity index (χ2n) is 5.20. The van der Waals surface area contributed by atoms with E-state index in [9.17, 15) is 5.26 Å². The van der Waals surface area contributed by atoms with Crippen molar-refractivity contribution in [2.24, 2.45) is 0 Å². The highest BCUT2D eigenvalue weighted by Crippen LogP contribution is 2.36. The first-order valence-corrected chi connectivity index (χ1v) is 8.34. The molecular formula is C20H16N2S. The van der Waals surface area contributed by atoms with Crippen LogP contribution in [0.3, 0.4) is 0 Å². The lowest BCUT2D eigenvalue weighted by Crippen LogP contribution is -1.94. The highest BCUT2D eigenvalue weighted by atomic mass is 32.2. The van der Waals surface area contributed by atoms with Gasteiger partial charge in [0.15, 0.2) is 0 Å². The average Bonchev–Trinajstić information content (AvgIpc) is 2.63. The van der Waals surface area contributed by atoms with E-state index in [0.29, 0.717) is 5.56 Å². The average molecular weight is 316 g/mol. The van der Waals surface area contributed by atoms with E-state index < -0.39 is 0 Å². The number of nitrogens with zero attached hydrogens (tertiary/aromatic N) is 2. The molecule has 0 saturated carbocycles. The summed E-state index contributed by atoms with van der Waals surface area (Å²) in [6.45, 7) is 2.14. The molecule has 0 radical (unpaired) electrons. The summed E-state index contributed by atoms with van der Waals surface area (Å²) < 4.78 is 0. The van der Waals surface area contributed by atoms with Crippen LogP contribution in [0.25, 0.3) is 11.3 Å². The molecule has 0 bridgehead atoms. The third kappa shape index (κ3) is 3.61. The van der Waals surface area contributed by atoms with Crippen LogP contribution in [0.15, 0.2) is 77.8 Å². The number of hydrogen-bond donors (Lipinski definition) is 0. The van der Waals surface area contributed by atoms with Crippen molar-refractivity contribution in [2.75, 3.05) is 0 Å². The highest BCUT2D eigenvalue weighted by Gasteiger charge is 2.13. The summed E-state index contributed by atoms with van der Waals surface area (Å²) in [6.07, 6.45) is 0. The molecular weight excluding hydrogens is 300 g/mol. The lowest BCUT2D eigenvalue weighted by Gasteiger charge is -2.13. The Bertz CT molecular complexity index is 823. The van der Waals surface area contributed by atoms with E-state index in [1.165, 1.54) is 5.56 Å². The van der Waals surface area contributed by atoms with Gasteiger partial charge in [-0.1, -0.05) is 72.4 Å². The van der Waals surface area contributed by atoms with Gasteiger partial charge in [0, 0.05) is 10.8 Å². The Morgan fingerprint density at radius 1 is 0.913 bits per heavy atom. The van der Waals surface area contributed by atoms with E-state index in [-0.39, 0.29) is 5.25 Å². The minimum Gasteiger partial charge on any atom is -0.240 e. The molecule has 0 aliphatic carbocycles. The van der Waals surface area contributed by atoms with E-state index in [4.69, 9.17) is 4.98 Å². The number of aromatic nitrogens is 1. The van der Waals surface area contributed by atoms with Crippen molar-refractivity contribution >= 4 is 11.8 Å². The smallest absolute Gasteiger partial charge is 0.115 e. The van der Waals surface area contributed by atoms with Gasteiger partial charge in [0.05, 0.1) is 11.3 Å². The van der Waals surface area contributed by atoms with Crippen molar-refractivity contribution in [1.82, 2.24) is 4.98 Å². The number of pyridine rings is 1. The number of benzene rings is 2. The van der Waals surface area contributed by atoms with Crippen LogP contribution in [0.1, 0.15) is 23.3 Å². The van der Waals surface area contributed by atoms with Crippen LogP contribution in [0.4, 0.5) is 0 Å². The predicted octanol–water partition coefficient (Wildman–Crippen LogP) is 5.47. The van der Waals surface area contributed by atoms with Crippen LogP contribution in [-0.4, -0.2) is 4.98 Å². The van der Waals surface area contributed by atoms with Gasteiger partial charge in [0.2, 0.25) is 0 Å². The quantitative estimate of drug-likeness (QED) is 0.599. The van der Waals surface area contributed by atoms with Crippen molar-refractivity contribution in [3.05, 3.63) is 83.9 Å². The third-order valence-electron chi connectivity index (χ3n) is 3.61. The Morgan fingerprint density at radius 2 is 1.57 bits per heavy atom. The maximum Gasteiger partial charge on any atom is 0.115 e. The summed E-state index contributed by atoms with van der Waals surface area (Å²) in [5.41, 5.74) is 3.81. The van der Waals surface area contributed by atoms with Gasteiger partial charge in [-0.05, 0) is 24.6 Å². The largest absolute Gasteiger partial charge is 0.240 e. The summed E-state index contributed by atoms with van der Waals surface area (Å²) in [5.74, 6) is 0. The summed E-state index contributed by atoms with van der Waals surface area (Å²) >= 11 is 1.62. The molecule has 3 aromatic rings. The van der Waals surface area contributed by atoms with Gasteiger partial charge in [0.25, 0.3) is 0 Å². The third-order valence-corrected chi connectivity index (χ3v) is 4.77. The first-order chi connectivity index (χ1) is 11.3. The van der Waals surface area contributed by atoms with Gasteiger partial charge in [-0.2, -0.15) is 5.26 Å². The molecule has 0 N–H and O–H groups in total. The SMILES string of the molecule is C[C@H](Sc1nc(-c2ccccc2)ccc1C#N)c1ccccc1. The molecule has 0 amide bonds. The van der Waals surface area contributed by atoms with Crippen LogP contribution in [0, 0.1) is 11.3 Å². The van der Waals surface area contributed by atoms with Crippen molar-refractivity contribution in [3.8, 4) is 17.3 Å². The maximum atomic E-state index is 9.36. The second-order valence-corrected chi connectivity index (χ2v) is 6.53. The molecule has 0 spiro atoms. The molecule has 1 atom stereocenters. The van der Waals surface area contributed by atoms with Crippen molar-refractivity contribution in [2.45, 2.75) is 17.2 Å². The zero-order valence-electron chi connectivity index (χ0n) is 12.8. The topological polar surface area (TPSA) is 36.7 Å². The predicted molar refractivity (Wildman–Crippen MR) is 95.1 cm³/mol. The molecule has 23 heavy (non-hydrogen) atoms. The van der Waals surface area contributed by atoms with Crippen LogP contribution in [0.2, 0.25) is 0 Å². The van der Waals surface area contributed by atoms with Gasteiger partial charge >= 0.3 is 0 Å². The standard InChI is InChI=1S/C20H16N2S/c1-15(16-8-4-2-5-9-16)23-20-18(14-21)12-13-19(22-20)17-10-6-3-7-11-17/h2-13,15H,1H3/t15-/m0/s1. The monoisotopic (exact) mass is 316 g/mol. The lowest BCUT2D eigenvalue weighted by molar-refractivity contribution is 1.06. The Kier molecular flexibility index (Phi) is 4.75. The number of rotatable bonds is 4. The van der Waals surface area contributed by atoms with Gasteiger partial charge in [0.1, 0.15) is 11.1 Å². The number of nitriles is 1. The maximum absolute atomic E-state index is 9.36. The van der Waals surface area contributed by atoms with E-state index in [1.807, 2.05) is 60.7 Å². The van der Waals surface area contributed by atoms with E-state index >= 15 is 0 Å². The van der Waals surface area contributed by atoms with Crippen LogP contribution >= 0.6 is 11.8 Å². The fourth-order valence-corrected chi connectivity index (χ4v) is 3.36. The van der Waals surface area contributed by atoms with Crippen LogP contribution in [-0.2, 0) is 0 Å². The van der Waals surface area contributed by atoms with Gasteiger partial charge in [-0.3, -0.25) is 0 Å². The Labute approximate surface area is 140 Å². The molecule has 1 heterocycles. The fourth-order valence-electron chi connectivity index (χ4n) is 2.34. The van der Waals surface area contributed by atoms with Crippen molar-refractivity contribution in [1.29, 1.82) is 5.26 Å². The minimum atomic E-state index is 0.238. The van der Waals surface area contributed by atoms with Gasteiger partial charge in [-0.15, -0.1) is 0 Å². The second kappa shape index (κ2) is 7.13. The Hall–Kier alpha value is -2.57. The summed E-state index contributed by atoms with van der Waals surface area (Å²) in [7, 11) is 0. The molecule has 3 rings (SSSR count). The molecule has 1 aromatic heterocycles. The van der Waals surface area contributed by atoms with E-state index in [1.54, 1.807) is 11.8 Å². The zero-order chi connectivity index (χ0) is 16.1. The van der Waals surface area contributed by atoms with E-state index in [2.05, 4.69) is 25.1 Å². The molecule has 112 valence electrons. The zero-order valence-corrected chi connectivity index (χ0v) is 13.6. The first kappa shape index (κ1) is 15.3. The lowest BCUT2D eigenvalue weighted by atomic mass is 10.1. The Morgan fingerprint density at radius 3 is 2.22 bits per heavy atom. The van der Waals surface area contributed by atoms with E-state index in [0.717, 1.165) is 16.3 Å². The highest BCUT2D eigenvalue weighted by molar-refractivity contribution is 7.99.